The van der Waals surface area contributed by atoms with E-state index in [1.807, 2.05) is 0 Å². The van der Waals surface area contributed by atoms with Crippen LogP contribution in [-0.4, -0.2) is 34.0 Å². The number of nitro groups is 1. The summed E-state index contributed by atoms with van der Waals surface area (Å²) in [6.07, 6.45) is 3.91. The number of rotatable bonds is 7. The Morgan fingerprint density at radius 1 is 1.31 bits per heavy atom. The van der Waals surface area contributed by atoms with E-state index in [0.29, 0.717) is 30.2 Å². The van der Waals surface area contributed by atoms with Gasteiger partial charge in [-0.25, -0.2) is 4.98 Å². The van der Waals surface area contributed by atoms with Crippen molar-refractivity contribution in [2.45, 2.75) is 0 Å². The Morgan fingerprint density at radius 3 is 2.73 bits per heavy atom. The Kier molecular flexibility index (Phi) is 7.84. The van der Waals surface area contributed by atoms with Crippen molar-refractivity contribution in [2.24, 2.45) is 0 Å². The number of amides is 1. The molecule has 0 radical (unpaired) electrons. The summed E-state index contributed by atoms with van der Waals surface area (Å²) in [5.41, 5.74) is 6.46. The second-order valence-corrected chi connectivity index (χ2v) is 5.03. The maximum Gasteiger partial charge on any atom is 0.287 e. The zero-order valence-electron chi connectivity index (χ0n) is 13.6. The van der Waals surface area contributed by atoms with E-state index < -0.39 is 4.92 Å². The molecule has 0 fully saturated rings. The number of benzene rings is 1. The number of aromatic nitrogens is 1. The summed E-state index contributed by atoms with van der Waals surface area (Å²) in [5.74, 6) is 0.171. The van der Waals surface area contributed by atoms with Crippen molar-refractivity contribution >= 4 is 41.6 Å². The minimum Gasteiger partial charge on any atom is -0.507 e. The molecule has 0 saturated carbocycles. The van der Waals surface area contributed by atoms with Crippen molar-refractivity contribution in [1.29, 1.82) is 0 Å². The SMILES string of the molecule is Cl.Nc1ccc(O)c(/C=C/C(=O)NCCNc2ccc([N+](=O)[O-])cn2)c1. The number of phenolic OH excluding ortho intramolecular Hbond substituents is 1. The van der Waals surface area contributed by atoms with Gasteiger partial charge in [0, 0.05) is 36.5 Å². The minimum absolute atomic E-state index is 0. The van der Waals surface area contributed by atoms with E-state index in [9.17, 15) is 20.0 Å². The molecule has 0 unspecified atom stereocenters. The van der Waals surface area contributed by atoms with Gasteiger partial charge in [-0.2, -0.15) is 0 Å². The summed E-state index contributed by atoms with van der Waals surface area (Å²) in [6.45, 7) is 0.721. The van der Waals surface area contributed by atoms with Gasteiger partial charge in [0.15, 0.2) is 0 Å². The van der Waals surface area contributed by atoms with Crippen LogP contribution in [0.2, 0.25) is 0 Å². The standard InChI is InChI=1S/C16H17N5O4.ClH/c17-12-2-4-14(22)11(9-12)1-6-16(23)19-8-7-18-15-5-3-13(10-20-15)21(24)25;/h1-6,9-10,22H,7-8,17H2,(H,18,20)(H,19,23);1H/b6-1+;. The van der Waals surface area contributed by atoms with Crippen LogP contribution in [0.5, 0.6) is 5.75 Å². The van der Waals surface area contributed by atoms with Crippen LogP contribution in [0.4, 0.5) is 17.2 Å². The summed E-state index contributed by atoms with van der Waals surface area (Å²) in [7, 11) is 0. The number of hydrogen-bond acceptors (Lipinski definition) is 7. The van der Waals surface area contributed by atoms with Crippen LogP contribution in [0.3, 0.4) is 0 Å². The van der Waals surface area contributed by atoms with Gasteiger partial charge in [-0.1, -0.05) is 0 Å². The van der Waals surface area contributed by atoms with Gasteiger partial charge in [-0.05, 0) is 30.3 Å². The maximum atomic E-state index is 11.7. The second-order valence-electron chi connectivity index (χ2n) is 5.03. The van der Waals surface area contributed by atoms with Crippen molar-refractivity contribution in [3.63, 3.8) is 0 Å². The number of nitrogens with zero attached hydrogens (tertiary/aromatic N) is 2. The molecule has 1 heterocycles. The van der Waals surface area contributed by atoms with E-state index in [1.165, 1.54) is 30.4 Å². The lowest BCUT2D eigenvalue weighted by atomic mass is 10.1. The normalized spacial score (nSPS) is 10.2. The Bertz CT molecular complexity index is 796. The zero-order chi connectivity index (χ0) is 18.2. The highest BCUT2D eigenvalue weighted by atomic mass is 35.5. The molecular weight excluding hydrogens is 362 g/mol. The minimum atomic E-state index is -0.526. The van der Waals surface area contributed by atoms with Crippen molar-refractivity contribution in [1.82, 2.24) is 10.3 Å². The molecule has 0 bridgehead atoms. The first kappa shape index (κ1) is 20.7. The van der Waals surface area contributed by atoms with Crippen molar-refractivity contribution < 1.29 is 14.8 Å². The highest BCUT2D eigenvalue weighted by Gasteiger charge is 2.04. The smallest absolute Gasteiger partial charge is 0.287 e. The molecule has 26 heavy (non-hydrogen) atoms. The fourth-order valence-corrected chi connectivity index (χ4v) is 1.91. The number of halogens is 1. The predicted molar refractivity (Wildman–Crippen MR) is 101 cm³/mol. The van der Waals surface area contributed by atoms with Crippen LogP contribution < -0.4 is 16.4 Å². The molecular formula is C16H18ClN5O4. The number of anilines is 2. The lowest BCUT2D eigenvalue weighted by molar-refractivity contribution is -0.385. The summed E-state index contributed by atoms with van der Waals surface area (Å²) in [6, 6.07) is 7.40. The van der Waals surface area contributed by atoms with Gasteiger partial charge < -0.3 is 21.5 Å². The van der Waals surface area contributed by atoms with E-state index in [4.69, 9.17) is 5.73 Å². The fraction of sp³-hybridized carbons (Fsp3) is 0.125. The lowest BCUT2D eigenvalue weighted by Gasteiger charge is -2.05. The maximum absolute atomic E-state index is 11.7. The number of hydrogen-bond donors (Lipinski definition) is 4. The molecule has 9 nitrogen and oxygen atoms in total. The highest BCUT2D eigenvalue weighted by molar-refractivity contribution is 5.92. The van der Waals surface area contributed by atoms with E-state index in [2.05, 4.69) is 15.6 Å². The van der Waals surface area contributed by atoms with E-state index in [1.54, 1.807) is 12.1 Å². The molecule has 1 aromatic heterocycles. The van der Waals surface area contributed by atoms with Crippen LogP contribution in [0.15, 0.2) is 42.6 Å². The Morgan fingerprint density at radius 2 is 2.08 bits per heavy atom. The van der Waals surface area contributed by atoms with Gasteiger partial charge in [-0.3, -0.25) is 14.9 Å². The van der Waals surface area contributed by atoms with Gasteiger partial charge in [-0.15, -0.1) is 12.4 Å². The number of nitrogens with two attached hydrogens (primary N) is 1. The summed E-state index contributed by atoms with van der Waals surface area (Å²) < 4.78 is 0. The first-order valence-corrected chi connectivity index (χ1v) is 7.34. The van der Waals surface area contributed by atoms with Crippen molar-refractivity contribution in [2.75, 3.05) is 24.1 Å². The lowest BCUT2D eigenvalue weighted by Crippen LogP contribution is -2.27. The molecule has 1 aromatic carbocycles. The van der Waals surface area contributed by atoms with Crippen LogP contribution in [-0.2, 0) is 4.79 Å². The predicted octanol–water partition coefficient (Wildman–Crippen LogP) is 1.94. The van der Waals surface area contributed by atoms with Crippen molar-refractivity contribution in [3.05, 3.63) is 58.3 Å². The topological polar surface area (TPSA) is 143 Å². The summed E-state index contributed by atoms with van der Waals surface area (Å²) >= 11 is 0. The number of phenols is 1. The van der Waals surface area contributed by atoms with E-state index in [0.717, 1.165) is 6.20 Å². The Balaban J connectivity index is 0.00000338. The molecule has 5 N–H and O–H groups in total. The molecule has 0 aliphatic rings. The van der Waals surface area contributed by atoms with Crippen LogP contribution >= 0.6 is 12.4 Å². The molecule has 0 saturated heterocycles. The summed E-state index contributed by atoms with van der Waals surface area (Å²) in [5, 5.41) is 25.7. The first-order valence-electron chi connectivity index (χ1n) is 7.34. The highest BCUT2D eigenvalue weighted by Crippen LogP contribution is 2.20. The van der Waals surface area contributed by atoms with Gasteiger partial charge in [0.1, 0.15) is 17.8 Å². The van der Waals surface area contributed by atoms with Gasteiger partial charge in [0.05, 0.1) is 4.92 Å². The third-order valence-corrected chi connectivity index (χ3v) is 3.15. The number of carbonyl (C=O) groups excluding carboxylic acids is 1. The van der Waals surface area contributed by atoms with Crippen LogP contribution in [0.25, 0.3) is 6.08 Å². The number of pyridine rings is 1. The van der Waals surface area contributed by atoms with E-state index >= 15 is 0 Å². The molecule has 1 amide bonds. The van der Waals surface area contributed by atoms with Gasteiger partial charge in [0.25, 0.3) is 5.69 Å². The molecule has 138 valence electrons. The van der Waals surface area contributed by atoms with Crippen LogP contribution in [0, 0.1) is 10.1 Å². The molecule has 0 spiro atoms. The average molecular weight is 380 g/mol. The first-order chi connectivity index (χ1) is 12.0. The quantitative estimate of drug-likeness (QED) is 0.144. The summed E-state index contributed by atoms with van der Waals surface area (Å²) in [4.78, 5) is 25.6. The largest absolute Gasteiger partial charge is 0.507 e. The number of nitrogens with one attached hydrogen (secondary N) is 2. The Labute approximate surface area is 155 Å². The second kappa shape index (κ2) is 9.84. The molecule has 2 rings (SSSR count). The number of nitrogen functional groups attached to an aromatic ring is 1. The van der Waals surface area contributed by atoms with Gasteiger partial charge >= 0.3 is 0 Å². The molecule has 0 atom stereocenters. The van der Waals surface area contributed by atoms with Crippen LogP contribution in [0.1, 0.15) is 5.56 Å². The monoisotopic (exact) mass is 379 g/mol. The third-order valence-electron chi connectivity index (χ3n) is 3.15. The molecule has 0 aliphatic heterocycles. The molecule has 0 aliphatic carbocycles. The fourth-order valence-electron chi connectivity index (χ4n) is 1.91. The zero-order valence-corrected chi connectivity index (χ0v) is 14.4. The Hall–Kier alpha value is -3.33. The average Bonchev–Trinajstić information content (AvgIpc) is 2.60. The number of aromatic hydroxyl groups is 1. The van der Waals surface area contributed by atoms with Crippen molar-refractivity contribution in [3.8, 4) is 5.75 Å². The number of carbonyl (C=O) groups is 1. The third kappa shape index (κ3) is 6.29. The van der Waals surface area contributed by atoms with Gasteiger partial charge in [0.2, 0.25) is 5.91 Å². The molecule has 2 aromatic rings. The molecule has 10 heteroatoms. The van der Waals surface area contributed by atoms with E-state index in [-0.39, 0.29) is 29.8 Å².